The summed E-state index contributed by atoms with van der Waals surface area (Å²) in [5.41, 5.74) is 0.511. The Kier molecular flexibility index (Phi) is 6.34. The van der Waals surface area contributed by atoms with Crippen LogP contribution in [0.25, 0.3) is 0 Å². The van der Waals surface area contributed by atoms with Gasteiger partial charge in [-0.05, 0) is 31.5 Å². The van der Waals surface area contributed by atoms with E-state index in [4.69, 9.17) is 4.74 Å². The number of ether oxygens (including phenoxy) is 1. The minimum atomic E-state index is -0.390. The Morgan fingerprint density at radius 3 is 3.04 bits per heavy atom. The molecule has 1 atom stereocenters. The molecule has 3 amide bonds. The minimum absolute atomic E-state index is 0.128. The van der Waals surface area contributed by atoms with Crippen LogP contribution in [0.1, 0.15) is 19.8 Å². The SMILES string of the molecule is CCOCCCNC(=O)N[C@@H]1CC(=O)N(c2cccc(F)c2)C1. The molecule has 1 aliphatic rings. The second kappa shape index (κ2) is 8.47. The van der Waals surface area contributed by atoms with Gasteiger partial charge in [-0.15, -0.1) is 0 Å². The highest BCUT2D eigenvalue weighted by molar-refractivity contribution is 5.96. The largest absolute Gasteiger partial charge is 0.382 e. The maximum absolute atomic E-state index is 13.3. The lowest BCUT2D eigenvalue weighted by Crippen LogP contribution is -2.43. The second-order valence-electron chi connectivity index (χ2n) is 5.34. The number of carbonyl (C=O) groups is 2. The molecule has 0 aliphatic carbocycles. The van der Waals surface area contributed by atoms with E-state index in [1.807, 2.05) is 6.92 Å². The van der Waals surface area contributed by atoms with Crippen LogP contribution < -0.4 is 15.5 Å². The summed E-state index contributed by atoms with van der Waals surface area (Å²) in [6.45, 7) is 4.04. The van der Waals surface area contributed by atoms with Gasteiger partial charge in [0, 0.05) is 38.4 Å². The molecule has 1 aromatic carbocycles. The molecular formula is C16H22FN3O3. The molecule has 23 heavy (non-hydrogen) atoms. The first-order chi connectivity index (χ1) is 11.1. The normalized spacial score (nSPS) is 17.4. The van der Waals surface area contributed by atoms with Crippen molar-refractivity contribution in [3.05, 3.63) is 30.1 Å². The van der Waals surface area contributed by atoms with E-state index in [1.54, 1.807) is 12.1 Å². The third-order valence-corrected chi connectivity index (χ3v) is 3.54. The van der Waals surface area contributed by atoms with E-state index in [-0.39, 0.29) is 24.4 Å². The van der Waals surface area contributed by atoms with E-state index < -0.39 is 5.82 Å². The van der Waals surface area contributed by atoms with Gasteiger partial charge >= 0.3 is 6.03 Å². The first kappa shape index (κ1) is 17.2. The van der Waals surface area contributed by atoms with Crippen LogP contribution in [0.4, 0.5) is 14.9 Å². The monoisotopic (exact) mass is 323 g/mol. The summed E-state index contributed by atoms with van der Waals surface area (Å²) in [5.74, 6) is -0.518. The van der Waals surface area contributed by atoms with Crippen molar-refractivity contribution in [1.29, 1.82) is 0 Å². The van der Waals surface area contributed by atoms with E-state index in [0.717, 1.165) is 6.42 Å². The number of halogens is 1. The Bertz CT molecular complexity index is 553. The van der Waals surface area contributed by atoms with Crippen LogP contribution in [0.15, 0.2) is 24.3 Å². The van der Waals surface area contributed by atoms with E-state index in [0.29, 0.717) is 32.0 Å². The van der Waals surface area contributed by atoms with Crippen molar-refractivity contribution in [3.63, 3.8) is 0 Å². The molecule has 7 heteroatoms. The molecule has 1 aliphatic heterocycles. The Morgan fingerprint density at radius 1 is 1.48 bits per heavy atom. The van der Waals surface area contributed by atoms with Gasteiger partial charge in [-0.1, -0.05) is 6.07 Å². The Morgan fingerprint density at radius 2 is 2.30 bits per heavy atom. The van der Waals surface area contributed by atoms with Crippen molar-refractivity contribution in [2.24, 2.45) is 0 Å². The van der Waals surface area contributed by atoms with Gasteiger partial charge in [0.15, 0.2) is 0 Å². The fourth-order valence-electron chi connectivity index (χ4n) is 2.45. The van der Waals surface area contributed by atoms with Gasteiger partial charge in [0.1, 0.15) is 5.82 Å². The Balaban J connectivity index is 1.77. The maximum atomic E-state index is 13.3. The van der Waals surface area contributed by atoms with Crippen LogP contribution in [-0.4, -0.2) is 44.3 Å². The second-order valence-corrected chi connectivity index (χ2v) is 5.34. The summed E-state index contributed by atoms with van der Waals surface area (Å²) in [5, 5.41) is 5.49. The number of benzene rings is 1. The lowest BCUT2D eigenvalue weighted by molar-refractivity contribution is -0.117. The molecule has 1 saturated heterocycles. The van der Waals surface area contributed by atoms with Gasteiger partial charge in [0.05, 0.1) is 6.04 Å². The summed E-state index contributed by atoms with van der Waals surface area (Å²) in [7, 11) is 0. The van der Waals surface area contributed by atoms with Crippen LogP contribution in [0.3, 0.4) is 0 Å². The van der Waals surface area contributed by atoms with Gasteiger partial charge in [0.25, 0.3) is 0 Å². The highest BCUT2D eigenvalue weighted by atomic mass is 19.1. The Hall–Kier alpha value is -2.15. The lowest BCUT2D eigenvalue weighted by atomic mass is 10.2. The van der Waals surface area contributed by atoms with E-state index >= 15 is 0 Å². The predicted molar refractivity (Wildman–Crippen MR) is 84.8 cm³/mol. The minimum Gasteiger partial charge on any atom is -0.382 e. The third kappa shape index (κ3) is 5.21. The number of amides is 3. The molecular weight excluding hydrogens is 301 g/mol. The van der Waals surface area contributed by atoms with Crippen molar-refractivity contribution in [2.75, 3.05) is 31.2 Å². The zero-order valence-corrected chi connectivity index (χ0v) is 13.2. The first-order valence-electron chi connectivity index (χ1n) is 7.78. The number of carbonyl (C=O) groups excluding carboxylic acids is 2. The number of hydrogen-bond donors (Lipinski definition) is 2. The molecule has 1 heterocycles. The topological polar surface area (TPSA) is 70.7 Å². The molecule has 1 aromatic rings. The van der Waals surface area contributed by atoms with E-state index in [9.17, 15) is 14.0 Å². The zero-order chi connectivity index (χ0) is 16.7. The van der Waals surface area contributed by atoms with Crippen LogP contribution in [-0.2, 0) is 9.53 Å². The van der Waals surface area contributed by atoms with Gasteiger partial charge in [-0.2, -0.15) is 0 Å². The zero-order valence-electron chi connectivity index (χ0n) is 13.2. The number of anilines is 1. The molecule has 0 aromatic heterocycles. The van der Waals surface area contributed by atoms with Gasteiger partial charge in [-0.25, -0.2) is 9.18 Å². The van der Waals surface area contributed by atoms with Crippen LogP contribution in [0.2, 0.25) is 0 Å². The van der Waals surface area contributed by atoms with E-state index in [1.165, 1.54) is 17.0 Å². The summed E-state index contributed by atoms with van der Waals surface area (Å²) in [6.07, 6.45) is 0.948. The Labute approximate surface area is 135 Å². The van der Waals surface area contributed by atoms with E-state index in [2.05, 4.69) is 10.6 Å². The average molecular weight is 323 g/mol. The van der Waals surface area contributed by atoms with Gasteiger partial charge in [0.2, 0.25) is 5.91 Å². The number of hydrogen-bond acceptors (Lipinski definition) is 3. The van der Waals surface area contributed by atoms with Gasteiger partial charge in [-0.3, -0.25) is 4.79 Å². The van der Waals surface area contributed by atoms with Crippen molar-refractivity contribution >= 4 is 17.6 Å². The molecule has 1 fully saturated rings. The summed E-state index contributed by atoms with van der Waals surface area (Å²) < 4.78 is 18.4. The first-order valence-corrected chi connectivity index (χ1v) is 7.78. The van der Waals surface area contributed by atoms with Crippen LogP contribution >= 0.6 is 0 Å². The molecule has 0 bridgehead atoms. The van der Waals surface area contributed by atoms with Crippen molar-refractivity contribution in [2.45, 2.75) is 25.8 Å². The summed E-state index contributed by atoms with van der Waals surface area (Å²) in [4.78, 5) is 25.3. The fraction of sp³-hybridized carbons (Fsp3) is 0.500. The van der Waals surface area contributed by atoms with Crippen molar-refractivity contribution in [3.8, 4) is 0 Å². The van der Waals surface area contributed by atoms with Crippen LogP contribution in [0.5, 0.6) is 0 Å². The fourth-order valence-corrected chi connectivity index (χ4v) is 2.45. The summed E-state index contributed by atoms with van der Waals surface area (Å²) in [6, 6.07) is 5.29. The predicted octanol–water partition coefficient (Wildman–Crippen LogP) is 1.66. The average Bonchev–Trinajstić information content (AvgIpc) is 2.87. The highest BCUT2D eigenvalue weighted by Gasteiger charge is 2.31. The standard InChI is InChI=1S/C16H22FN3O3/c1-2-23-8-4-7-18-16(22)19-13-10-15(21)20(11-13)14-6-3-5-12(17)9-14/h3,5-6,9,13H,2,4,7-8,10-11H2,1H3,(H2,18,19,22)/t13-/m1/s1. The molecule has 0 spiro atoms. The maximum Gasteiger partial charge on any atom is 0.315 e. The molecule has 0 saturated carbocycles. The molecule has 2 rings (SSSR count). The van der Waals surface area contributed by atoms with Gasteiger partial charge < -0.3 is 20.3 Å². The number of nitrogens with zero attached hydrogens (tertiary/aromatic N) is 1. The smallest absolute Gasteiger partial charge is 0.315 e. The summed E-state index contributed by atoms with van der Waals surface area (Å²) >= 11 is 0. The molecule has 2 N–H and O–H groups in total. The number of nitrogens with one attached hydrogen (secondary N) is 2. The lowest BCUT2D eigenvalue weighted by Gasteiger charge is -2.17. The quantitative estimate of drug-likeness (QED) is 0.750. The molecule has 126 valence electrons. The molecule has 0 unspecified atom stereocenters. The molecule has 0 radical (unpaired) electrons. The van der Waals surface area contributed by atoms with Crippen LogP contribution in [0, 0.1) is 5.82 Å². The molecule has 6 nitrogen and oxygen atoms in total. The highest BCUT2D eigenvalue weighted by Crippen LogP contribution is 2.22. The van der Waals surface area contributed by atoms with Crippen molar-refractivity contribution < 1.29 is 18.7 Å². The number of urea groups is 1. The van der Waals surface area contributed by atoms with Crippen molar-refractivity contribution in [1.82, 2.24) is 10.6 Å². The third-order valence-electron chi connectivity index (χ3n) is 3.54. The number of rotatable bonds is 7.